The standard InChI is InChI=1S/C29H41N3O3Si/c1-28(2,3)34-27(33)32-20-23(35-36(7,8)29(4,5)6)18-25(32)26-30-16-17-31(26)19-22-14-11-13-21-12-9-10-15-24(21)22/h9-17,23,25H,18-20H2,1-8H3/t23-,25+/m1/s1. The fourth-order valence-corrected chi connectivity index (χ4v) is 5.97. The number of amides is 1. The summed E-state index contributed by atoms with van der Waals surface area (Å²) in [5.74, 6) is 0.870. The Bertz CT molecular complexity index is 1220. The van der Waals surface area contributed by atoms with Gasteiger partial charge >= 0.3 is 6.09 Å². The second-order valence-corrected chi connectivity index (χ2v) is 17.2. The van der Waals surface area contributed by atoms with Crippen molar-refractivity contribution in [3.63, 3.8) is 0 Å². The number of carbonyl (C=O) groups excluding carboxylic acids is 1. The van der Waals surface area contributed by atoms with Crippen LogP contribution in [0.3, 0.4) is 0 Å². The second-order valence-electron chi connectivity index (χ2n) is 12.4. The van der Waals surface area contributed by atoms with Crippen LogP contribution in [0.25, 0.3) is 10.8 Å². The van der Waals surface area contributed by atoms with Crippen LogP contribution in [0.1, 0.15) is 65.4 Å². The van der Waals surface area contributed by atoms with Crippen LogP contribution in [0.15, 0.2) is 54.9 Å². The van der Waals surface area contributed by atoms with E-state index >= 15 is 0 Å². The number of nitrogens with zero attached hydrogens (tertiary/aromatic N) is 3. The molecule has 0 bridgehead atoms. The molecule has 3 aromatic rings. The number of imidazole rings is 1. The summed E-state index contributed by atoms with van der Waals surface area (Å²) in [6.07, 6.45) is 4.18. The molecule has 1 fully saturated rings. The third kappa shape index (κ3) is 5.68. The van der Waals surface area contributed by atoms with Gasteiger partial charge in [-0.3, -0.25) is 4.90 Å². The summed E-state index contributed by atoms with van der Waals surface area (Å²) in [4.78, 5) is 19.9. The maximum Gasteiger partial charge on any atom is 0.411 e. The summed E-state index contributed by atoms with van der Waals surface area (Å²) in [5, 5.41) is 2.54. The van der Waals surface area contributed by atoms with E-state index in [1.165, 1.54) is 16.3 Å². The molecular weight excluding hydrogens is 466 g/mol. The summed E-state index contributed by atoms with van der Waals surface area (Å²) in [7, 11) is -2.01. The van der Waals surface area contributed by atoms with Crippen LogP contribution in [-0.2, 0) is 15.7 Å². The number of ether oxygens (including phenoxy) is 1. The number of aromatic nitrogens is 2. The predicted molar refractivity (Wildman–Crippen MR) is 148 cm³/mol. The van der Waals surface area contributed by atoms with E-state index in [1.807, 2.05) is 38.1 Å². The average Bonchev–Trinajstić information content (AvgIpc) is 3.38. The lowest BCUT2D eigenvalue weighted by atomic mass is 10.0. The van der Waals surface area contributed by atoms with Crippen molar-refractivity contribution in [1.29, 1.82) is 0 Å². The van der Waals surface area contributed by atoms with Crippen molar-refractivity contribution in [2.24, 2.45) is 0 Å². The van der Waals surface area contributed by atoms with Gasteiger partial charge in [0.2, 0.25) is 0 Å². The minimum atomic E-state index is -2.01. The summed E-state index contributed by atoms with van der Waals surface area (Å²) < 4.78 is 14.8. The van der Waals surface area contributed by atoms with Gasteiger partial charge < -0.3 is 13.7 Å². The lowest BCUT2D eigenvalue weighted by Gasteiger charge is -2.38. The van der Waals surface area contributed by atoms with Crippen molar-refractivity contribution in [2.75, 3.05) is 6.54 Å². The highest BCUT2D eigenvalue weighted by molar-refractivity contribution is 6.74. The first-order valence-corrected chi connectivity index (χ1v) is 15.8. The van der Waals surface area contributed by atoms with Gasteiger partial charge in [-0.15, -0.1) is 0 Å². The van der Waals surface area contributed by atoms with Crippen molar-refractivity contribution in [2.45, 2.75) is 90.4 Å². The maximum absolute atomic E-state index is 13.3. The molecule has 6 nitrogen and oxygen atoms in total. The second kappa shape index (κ2) is 9.67. The predicted octanol–water partition coefficient (Wildman–Crippen LogP) is 7.16. The van der Waals surface area contributed by atoms with Crippen molar-refractivity contribution in [1.82, 2.24) is 14.5 Å². The highest BCUT2D eigenvalue weighted by atomic mass is 28.4. The first kappa shape index (κ1) is 26.4. The van der Waals surface area contributed by atoms with Gasteiger partial charge in [-0.1, -0.05) is 63.2 Å². The van der Waals surface area contributed by atoms with E-state index in [4.69, 9.17) is 14.1 Å². The molecule has 36 heavy (non-hydrogen) atoms. The lowest BCUT2D eigenvalue weighted by Crippen LogP contribution is -2.45. The Labute approximate surface area is 216 Å². The molecule has 0 spiro atoms. The molecule has 0 aliphatic carbocycles. The molecule has 1 aliphatic heterocycles. The molecular formula is C29H41N3O3Si. The summed E-state index contributed by atoms with van der Waals surface area (Å²) in [6, 6.07) is 14.6. The quantitative estimate of drug-likeness (QED) is 0.344. The van der Waals surface area contributed by atoms with Crippen LogP contribution in [0.5, 0.6) is 0 Å². The minimum absolute atomic E-state index is 0.0499. The molecule has 0 radical (unpaired) electrons. The molecule has 0 N–H and O–H groups in total. The van der Waals surface area contributed by atoms with Gasteiger partial charge in [0.1, 0.15) is 11.4 Å². The highest BCUT2D eigenvalue weighted by Crippen LogP contribution is 2.41. The topological polar surface area (TPSA) is 56.6 Å². The highest BCUT2D eigenvalue weighted by Gasteiger charge is 2.45. The largest absolute Gasteiger partial charge is 0.444 e. The zero-order valence-corrected chi connectivity index (χ0v) is 24.0. The van der Waals surface area contributed by atoms with Gasteiger partial charge in [0.25, 0.3) is 0 Å². The minimum Gasteiger partial charge on any atom is -0.444 e. The van der Waals surface area contributed by atoms with Gasteiger partial charge in [-0.25, -0.2) is 9.78 Å². The molecule has 1 aliphatic rings. The van der Waals surface area contributed by atoms with Gasteiger partial charge in [0.05, 0.1) is 12.1 Å². The molecule has 1 aromatic heterocycles. The molecule has 194 valence electrons. The van der Waals surface area contributed by atoms with E-state index < -0.39 is 13.9 Å². The maximum atomic E-state index is 13.3. The fraction of sp³-hybridized carbons (Fsp3) is 0.517. The molecule has 0 saturated carbocycles. The fourth-order valence-electron chi connectivity index (χ4n) is 4.61. The average molecular weight is 508 g/mol. The molecule has 2 atom stereocenters. The number of fused-ring (bicyclic) bond motifs is 1. The summed E-state index contributed by atoms with van der Waals surface area (Å²) in [6.45, 7) is 18.2. The van der Waals surface area contributed by atoms with E-state index in [0.29, 0.717) is 19.5 Å². The van der Waals surface area contributed by atoms with E-state index in [-0.39, 0.29) is 23.3 Å². The lowest BCUT2D eigenvalue weighted by molar-refractivity contribution is 0.0201. The monoisotopic (exact) mass is 507 g/mol. The normalized spacial score (nSPS) is 19.2. The van der Waals surface area contributed by atoms with Crippen LogP contribution in [0.2, 0.25) is 18.1 Å². The van der Waals surface area contributed by atoms with E-state index in [9.17, 15) is 4.79 Å². The van der Waals surface area contributed by atoms with Crippen molar-refractivity contribution < 1.29 is 14.0 Å². The first-order valence-electron chi connectivity index (χ1n) is 12.9. The number of hydrogen-bond donors (Lipinski definition) is 0. The molecule has 0 unspecified atom stereocenters. The molecule has 4 rings (SSSR count). The number of hydrogen-bond acceptors (Lipinski definition) is 4. The third-order valence-corrected chi connectivity index (χ3v) is 12.0. The summed E-state index contributed by atoms with van der Waals surface area (Å²) >= 11 is 0. The van der Waals surface area contributed by atoms with Gasteiger partial charge in [-0.05, 0) is 55.2 Å². The first-order chi connectivity index (χ1) is 16.7. The zero-order chi connectivity index (χ0) is 26.3. The Morgan fingerprint density at radius 3 is 2.44 bits per heavy atom. The SMILES string of the molecule is CC(C)(C)OC(=O)N1C[C@H](O[Si](C)(C)C(C)(C)C)C[C@H]1c1nccn1Cc1cccc2ccccc12. The number of benzene rings is 2. The van der Waals surface area contributed by atoms with Gasteiger partial charge in [0.15, 0.2) is 8.32 Å². The van der Waals surface area contributed by atoms with Crippen LogP contribution < -0.4 is 0 Å². The molecule has 2 heterocycles. The molecule has 1 saturated heterocycles. The van der Waals surface area contributed by atoms with Crippen LogP contribution in [-0.4, -0.2) is 47.1 Å². The van der Waals surface area contributed by atoms with Crippen LogP contribution >= 0.6 is 0 Å². The Kier molecular flexibility index (Phi) is 7.10. The third-order valence-electron chi connectivity index (χ3n) is 7.42. The number of likely N-dealkylation sites (tertiary alicyclic amines) is 1. The Morgan fingerprint density at radius 2 is 1.75 bits per heavy atom. The Morgan fingerprint density at radius 1 is 1.06 bits per heavy atom. The van der Waals surface area contributed by atoms with Gasteiger partial charge in [-0.2, -0.15) is 0 Å². The molecule has 7 heteroatoms. The molecule has 2 aromatic carbocycles. The van der Waals surface area contributed by atoms with E-state index in [0.717, 1.165) is 5.82 Å². The van der Waals surface area contributed by atoms with Crippen molar-refractivity contribution in [3.8, 4) is 0 Å². The van der Waals surface area contributed by atoms with Crippen molar-refractivity contribution in [3.05, 3.63) is 66.2 Å². The Hall–Kier alpha value is -2.64. The van der Waals surface area contributed by atoms with E-state index in [2.05, 4.69) is 80.9 Å². The molecule has 1 amide bonds. The smallest absolute Gasteiger partial charge is 0.411 e. The summed E-state index contributed by atoms with van der Waals surface area (Å²) in [5.41, 5.74) is 0.654. The van der Waals surface area contributed by atoms with E-state index in [1.54, 1.807) is 0 Å². The Balaban J connectivity index is 1.65. The van der Waals surface area contributed by atoms with Crippen molar-refractivity contribution >= 4 is 25.2 Å². The number of rotatable bonds is 5. The van der Waals surface area contributed by atoms with Gasteiger partial charge in [0, 0.05) is 31.9 Å². The zero-order valence-electron chi connectivity index (χ0n) is 23.0. The van der Waals surface area contributed by atoms with Crippen LogP contribution in [0, 0.1) is 0 Å². The number of carbonyl (C=O) groups is 1. The van der Waals surface area contributed by atoms with Crippen LogP contribution in [0.4, 0.5) is 4.79 Å².